The molecule has 0 N–H and O–H groups in total. The molecule has 0 aliphatic rings. The third-order valence-corrected chi connectivity index (χ3v) is 4.50. The van der Waals surface area contributed by atoms with Gasteiger partial charge in [0.05, 0.1) is 12.2 Å². The van der Waals surface area contributed by atoms with Gasteiger partial charge in [-0.2, -0.15) is 0 Å². The van der Waals surface area contributed by atoms with Crippen LogP contribution in [0.4, 0.5) is 0 Å². The Balaban J connectivity index is 0.00000182. The molecule has 2 aromatic carbocycles. The molecule has 4 rings (SSSR count). The number of nitrogens with zero attached hydrogens (tertiary/aromatic N) is 4. The van der Waals surface area contributed by atoms with Gasteiger partial charge in [-0.15, -0.1) is 23.8 Å². The Bertz CT molecular complexity index is 1040. The fourth-order valence-corrected chi connectivity index (χ4v) is 3.27. The van der Waals surface area contributed by atoms with Crippen molar-refractivity contribution >= 4 is 11.0 Å². The second-order valence-corrected chi connectivity index (χ2v) is 6.27. The van der Waals surface area contributed by atoms with E-state index in [2.05, 4.69) is 65.6 Å². The third-order valence-electron chi connectivity index (χ3n) is 4.50. The number of imidazole rings is 2. The molecule has 1 radical (unpaired) electrons. The quantitative estimate of drug-likeness (QED) is 0.382. The summed E-state index contributed by atoms with van der Waals surface area (Å²) in [6.45, 7) is 6.36. The van der Waals surface area contributed by atoms with Crippen LogP contribution in [0.2, 0.25) is 0 Å². The van der Waals surface area contributed by atoms with Crippen molar-refractivity contribution < 1.29 is 20.1 Å². The van der Waals surface area contributed by atoms with Crippen LogP contribution < -0.4 is 0 Å². The largest absolute Gasteiger partial charge is 0.373 e. The van der Waals surface area contributed by atoms with Crippen LogP contribution in [0.25, 0.3) is 28.1 Å². The van der Waals surface area contributed by atoms with E-state index in [4.69, 9.17) is 0 Å². The van der Waals surface area contributed by atoms with Crippen LogP contribution in [-0.4, -0.2) is 19.1 Å². The molecule has 5 heteroatoms. The Morgan fingerprint density at radius 1 is 1.04 bits per heavy atom. The molecule has 2 heterocycles. The predicted octanol–water partition coefficient (Wildman–Crippen LogP) is 4.15. The number of para-hydroxylation sites is 1. The zero-order valence-corrected chi connectivity index (χ0v) is 17.1. The van der Waals surface area contributed by atoms with Gasteiger partial charge in [-0.05, 0) is 37.4 Å². The first kappa shape index (κ1) is 17.6. The Labute approximate surface area is 160 Å². The van der Waals surface area contributed by atoms with Gasteiger partial charge in [0.25, 0.3) is 0 Å². The maximum absolute atomic E-state index is 4.66. The zero-order chi connectivity index (χ0) is 16.8. The van der Waals surface area contributed by atoms with Crippen molar-refractivity contribution in [1.82, 2.24) is 19.1 Å². The van der Waals surface area contributed by atoms with Crippen molar-refractivity contribution in [3.8, 4) is 17.1 Å². The average Bonchev–Trinajstić information content (AvgIpc) is 3.11. The van der Waals surface area contributed by atoms with Crippen LogP contribution in [0, 0.1) is 26.8 Å². The van der Waals surface area contributed by atoms with Crippen molar-refractivity contribution in [3.63, 3.8) is 0 Å². The smallest absolute Gasteiger partial charge is 0.0853 e. The molecule has 0 aliphatic carbocycles. The van der Waals surface area contributed by atoms with E-state index in [9.17, 15) is 0 Å². The van der Waals surface area contributed by atoms with Crippen molar-refractivity contribution in [2.75, 3.05) is 0 Å². The molecule has 0 fully saturated rings. The normalized spacial score (nSPS) is 10.9. The molecular weight excluding hydrogens is 488 g/mol. The standard InChI is InChI=1S/C20H19N4.Ir/c1-13-6-5-7-14(2)19(13)24-15(3)11-21-20(24)16-8-9-18-17(10-16)22-12-23(18)4;/h5-7,9-12H,1-4H3;/q-1;. The number of aryl methyl sites for hydroxylation is 4. The van der Waals surface area contributed by atoms with E-state index in [1.807, 2.05) is 30.2 Å². The fraction of sp³-hybridized carbons (Fsp3) is 0.200. The minimum atomic E-state index is 0. The van der Waals surface area contributed by atoms with Gasteiger partial charge in [-0.25, -0.2) is 0 Å². The molecule has 0 aliphatic heterocycles. The van der Waals surface area contributed by atoms with Crippen molar-refractivity contribution in [3.05, 3.63) is 65.7 Å². The molecule has 0 amide bonds. The van der Waals surface area contributed by atoms with Crippen molar-refractivity contribution in [2.24, 2.45) is 7.05 Å². The van der Waals surface area contributed by atoms with Crippen LogP contribution in [0.1, 0.15) is 16.8 Å². The number of hydrogen-bond acceptors (Lipinski definition) is 2. The van der Waals surface area contributed by atoms with E-state index in [0.717, 1.165) is 28.1 Å². The molecular formula is C20H19IrN4-. The van der Waals surface area contributed by atoms with E-state index in [1.54, 1.807) is 0 Å². The van der Waals surface area contributed by atoms with Crippen molar-refractivity contribution in [2.45, 2.75) is 20.8 Å². The van der Waals surface area contributed by atoms with Crippen LogP contribution in [-0.2, 0) is 27.2 Å². The Hall–Kier alpha value is -2.23. The summed E-state index contributed by atoms with van der Waals surface area (Å²) in [6, 6.07) is 13.8. The summed E-state index contributed by atoms with van der Waals surface area (Å²) < 4.78 is 4.21. The van der Waals surface area contributed by atoms with Gasteiger partial charge in [0.15, 0.2) is 0 Å². The maximum Gasteiger partial charge on any atom is 0.0853 e. The molecule has 25 heavy (non-hydrogen) atoms. The maximum atomic E-state index is 4.66. The molecule has 4 aromatic rings. The van der Waals surface area contributed by atoms with Gasteiger partial charge < -0.3 is 9.13 Å². The summed E-state index contributed by atoms with van der Waals surface area (Å²) in [5.41, 5.74) is 7.75. The second kappa shape index (κ2) is 6.58. The van der Waals surface area contributed by atoms with Crippen molar-refractivity contribution in [1.29, 1.82) is 0 Å². The van der Waals surface area contributed by atoms with Gasteiger partial charge in [0, 0.05) is 50.2 Å². The SMILES string of the molecule is Cc1cccc(C)c1-n1c(C)cnc1-c1[c-]cc2c(c1)ncn2C.[Ir]. The Kier molecular flexibility index (Phi) is 4.63. The number of hydrogen-bond donors (Lipinski definition) is 0. The molecule has 4 nitrogen and oxygen atoms in total. The van der Waals surface area contributed by atoms with Gasteiger partial charge in [0.2, 0.25) is 0 Å². The van der Waals surface area contributed by atoms with E-state index in [-0.39, 0.29) is 20.1 Å². The molecule has 129 valence electrons. The molecule has 2 aromatic heterocycles. The van der Waals surface area contributed by atoms with Crippen LogP contribution in [0.15, 0.2) is 42.9 Å². The zero-order valence-electron chi connectivity index (χ0n) is 14.7. The van der Waals surface area contributed by atoms with Gasteiger partial charge >= 0.3 is 0 Å². The summed E-state index contributed by atoms with van der Waals surface area (Å²) in [5, 5.41) is 0. The first-order valence-electron chi connectivity index (χ1n) is 8.00. The van der Waals surface area contributed by atoms with E-state index in [0.29, 0.717) is 0 Å². The molecule has 0 bridgehead atoms. The van der Waals surface area contributed by atoms with Gasteiger partial charge in [-0.3, -0.25) is 9.97 Å². The van der Waals surface area contributed by atoms with E-state index < -0.39 is 0 Å². The Morgan fingerprint density at radius 3 is 2.48 bits per heavy atom. The third kappa shape index (κ3) is 2.84. The summed E-state index contributed by atoms with van der Waals surface area (Å²) in [6.07, 6.45) is 3.74. The average molecular weight is 508 g/mol. The summed E-state index contributed by atoms with van der Waals surface area (Å²) in [5.74, 6) is 0.900. The molecule has 0 unspecified atom stereocenters. The monoisotopic (exact) mass is 508 g/mol. The van der Waals surface area contributed by atoms with E-state index in [1.165, 1.54) is 16.8 Å². The molecule has 0 atom stereocenters. The predicted molar refractivity (Wildman–Crippen MR) is 96.3 cm³/mol. The van der Waals surface area contributed by atoms with Crippen LogP contribution in [0.5, 0.6) is 0 Å². The second-order valence-electron chi connectivity index (χ2n) is 6.27. The number of rotatable bonds is 2. The van der Waals surface area contributed by atoms with Crippen LogP contribution >= 0.6 is 0 Å². The Morgan fingerprint density at radius 2 is 1.76 bits per heavy atom. The van der Waals surface area contributed by atoms with Gasteiger partial charge in [-0.1, -0.05) is 18.2 Å². The van der Waals surface area contributed by atoms with Crippen LogP contribution in [0.3, 0.4) is 0 Å². The minimum Gasteiger partial charge on any atom is -0.373 e. The molecule has 0 saturated carbocycles. The topological polar surface area (TPSA) is 35.6 Å². The summed E-state index contributed by atoms with van der Waals surface area (Å²) in [4.78, 5) is 9.11. The summed E-state index contributed by atoms with van der Waals surface area (Å²) >= 11 is 0. The van der Waals surface area contributed by atoms with Gasteiger partial charge in [0.1, 0.15) is 0 Å². The number of fused-ring (bicyclic) bond motifs is 1. The molecule has 0 spiro atoms. The first-order valence-corrected chi connectivity index (χ1v) is 8.00. The molecule has 0 saturated heterocycles. The number of benzene rings is 2. The van der Waals surface area contributed by atoms with E-state index >= 15 is 0 Å². The first-order chi connectivity index (χ1) is 11.6. The fourth-order valence-electron chi connectivity index (χ4n) is 3.27. The minimum absolute atomic E-state index is 0. The summed E-state index contributed by atoms with van der Waals surface area (Å²) in [7, 11) is 1.99. The number of aromatic nitrogens is 4.